The van der Waals surface area contributed by atoms with Crippen LogP contribution < -0.4 is 0 Å². The maximum Gasteiger partial charge on any atom is 0.310 e. The fourth-order valence-electron chi connectivity index (χ4n) is 2.24. The molecule has 0 rings (SSSR count). The van der Waals surface area contributed by atoms with Crippen molar-refractivity contribution in [3.63, 3.8) is 0 Å². The average Bonchev–Trinajstić information content (AvgIpc) is 2.23. The molecule has 0 amide bonds. The van der Waals surface area contributed by atoms with Crippen molar-refractivity contribution in [2.75, 3.05) is 0 Å². The van der Waals surface area contributed by atoms with E-state index in [0.29, 0.717) is 19.3 Å². The van der Waals surface area contributed by atoms with Crippen molar-refractivity contribution in [2.24, 2.45) is 11.3 Å². The van der Waals surface area contributed by atoms with Gasteiger partial charge in [-0.3, -0.25) is 9.59 Å². The summed E-state index contributed by atoms with van der Waals surface area (Å²) in [6.07, 6.45) is 2.80. The van der Waals surface area contributed by atoms with E-state index in [1.165, 1.54) is 0 Å². The van der Waals surface area contributed by atoms with Crippen LogP contribution in [0.3, 0.4) is 0 Å². The number of carboxylic acids is 2. The molecule has 0 fully saturated rings. The maximum atomic E-state index is 11.3. The third kappa shape index (κ3) is 2.97. The Morgan fingerprint density at radius 2 is 1.62 bits per heavy atom. The number of aliphatic carboxylic acids is 2. The van der Waals surface area contributed by atoms with Crippen LogP contribution >= 0.6 is 0 Å². The van der Waals surface area contributed by atoms with E-state index < -0.39 is 23.3 Å². The Labute approximate surface area is 96.7 Å². The molecule has 0 bridgehead atoms. The summed E-state index contributed by atoms with van der Waals surface area (Å²) in [5.74, 6) is -2.75. The first-order chi connectivity index (χ1) is 7.46. The predicted molar refractivity (Wildman–Crippen MR) is 61.3 cm³/mol. The SMILES string of the molecule is CCCCC(C(=O)O)C(CC)(CC)C(=O)O. The minimum atomic E-state index is -1.11. The Morgan fingerprint density at radius 1 is 1.12 bits per heavy atom. The van der Waals surface area contributed by atoms with Gasteiger partial charge in [-0.1, -0.05) is 33.6 Å². The van der Waals surface area contributed by atoms with Gasteiger partial charge in [-0.15, -0.1) is 0 Å². The summed E-state index contributed by atoms with van der Waals surface area (Å²) in [6.45, 7) is 5.47. The molecule has 4 nitrogen and oxygen atoms in total. The lowest BCUT2D eigenvalue weighted by Crippen LogP contribution is -2.41. The molecule has 0 heterocycles. The fourth-order valence-corrected chi connectivity index (χ4v) is 2.24. The van der Waals surface area contributed by atoms with E-state index in [0.717, 1.165) is 12.8 Å². The summed E-state index contributed by atoms with van der Waals surface area (Å²) in [7, 11) is 0. The lowest BCUT2D eigenvalue weighted by Gasteiger charge is -2.33. The molecule has 0 aromatic heterocycles. The van der Waals surface area contributed by atoms with E-state index in [-0.39, 0.29) is 0 Å². The van der Waals surface area contributed by atoms with Crippen LogP contribution in [-0.4, -0.2) is 22.2 Å². The topological polar surface area (TPSA) is 74.6 Å². The van der Waals surface area contributed by atoms with Crippen molar-refractivity contribution < 1.29 is 19.8 Å². The van der Waals surface area contributed by atoms with Crippen molar-refractivity contribution >= 4 is 11.9 Å². The molecule has 0 aliphatic heterocycles. The van der Waals surface area contributed by atoms with Gasteiger partial charge in [-0.2, -0.15) is 0 Å². The highest BCUT2D eigenvalue weighted by Crippen LogP contribution is 2.38. The molecule has 0 saturated carbocycles. The van der Waals surface area contributed by atoms with Crippen LogP contribution in [0.2, 0.25) is 0 Å². The minimum absolute atomic E-state index is 0.361. The van der Waals surface area contributed by atoms with Gasteiger partial charge >= 0.3 is 11.9 Å². The molecule has 0 aliphatic rings. The van der Waals surface area contributed by atoms with E-state index in [4.69, 9.17) is 0 Å². The zero-order chi connectivity index (χ0) is 12.8. The molecule has 1 atom stereocenters. The third-order valence-electron chi connectivity index (χ3n) is 3.50. The van der Waals surface area contributed by atoms with E-state index in [1.54, 1.807) is 13.8 Å². The maximum absolute atomic E-state index is 11.3. The summed E-state index contributed by atoms with van der Waals surface area (Å²) >= 11 is 0. The van der Waals surface area contributed by atoms with E-state index in [1.807, 2.05) is 6.92 Å². The molecule has 4 heteroatoms. The molecule has 0 saturated heterocycles. The summed E-state index contributed by atoms with van der Waals surface area (Å²) < 4.78 is 0. The molecule has 0 aliphatic carbocycles. The number of carbonyl (C=O) groups is 2. The number of rotatable bonds is 8. The van der Waals surface area contributed by atoms with Gasteiger partial charge in [0.25, 0.3) is 0 Å². The second-order valence-electron chi connectivity index (χ2n) is 4.20. The molecule has 0 aromatic carbocycles. The normalized spacial score (nSPS) is 13.4. The number of carboxylic acid groups (broad SMARTS) is 2. The molecule has 0 radical (unpaired) electrons. The van der Waals surface area contributed by atoms with Crippen LogP contribution in [-0.2, 0) is 9.59 Å². The first-order valence-electron chi connectivity index (χ1n) is 5.92. The highest BCUT2D eigenvalue weighted by atomic mass is 16.4. The van der Waals surface area contributed by atoms with Crippen molar-refractivity contribution in [1.29, 1.82) is 0 Å². The second-order valence-corrected chi connectivity index (χ2v) is 4.20. The predicted octanol–water partition coefficient (Wildman–Crippen LogP) is 2.77. The van der Waals surface area contributed by atoms with Crippen LogP contribution in [0.5, 0.6) is 0 Å². The van der Waals surface area contributed by atoms with Crippen molar-refractivity contribution in [1.82, 2.24) is 0 Å². The monoisotopic (exact) mass is 230 g/mol. The van der Waals surface area contributed by atoms with E-state index in [9.17, 15) is 19.8 Å². The summed E-state index contributed by atoms with van der Waals surface area (Å²) in [4.78, 5) is 22.5. The van der Waals surface area contributed by atoms with E-state index in [2.05, 4.69) is 0 Å². The largest absolute Gasteiger partial charge is 0.481 e. The summed E-state index contributed by atoms with van der Waals surface area (Å²) in [5.41, 5.74) is -1.11. The number of hydrogen-bond donors (Lipinski definition) is 2. The Kier molecular flexibility index (Phi) is 6.08. The van der Waals surface area contributed by atoms with Crippen LogP contribution in [0.15, 0.2) is 0 Å². The van der Waals surface area contributed by atoms with Crippen LogP contribution in [0.1, 0.15) is 52.9 Å². The third-order valence-corrected chi connectivity index (χ3v) is 3.50. The number of unbranched alkanes of at least 4 members (excludes halogenated alkanes) is 1. The first kappa shape index (κ1) is 14.9. The van der Waals surface area contributed by atoms with Gasteiger partial charge in [0.2, 0.25) is 0 Å². The zero-order valence-corrected chi connectivity index (χ0v) is 10.3. The first-order valence-corrected chi connectivity index (χ1v) is 5.92. The van der Waals surface area contributed by atoms with Crippen LogP contribution in [0.4, 0.5) is 0 Å². The zero-order valence-electron chi connectivity index (χ0n) is 10.3. The Bertz CT molecular complexity index is 243. The molecule has 94 valence electrons. The highest BCUT2D eigenvalue weighted by molar-refractivity contribution is 5.83. The van der Waals surface area contributed by atoms with Gasteiger partial charge in [0.1, 0.15) is 0 Å². The van der Waals surface area contributed by atoms with Gasteiger partial charge in [0, 0.05) is 0 Å². The van der Waals surface area contributed by atoms with Crippen molar-refractivity contribution in [2.45, 2.75) is 52.9 Å². The van der Waals surface area contributed by atoms with Gasteiger partial charge < -0.3 is 10.2 Å². The molecule has 0 aromatic rings. The summed E-state index contributed by atoms with van der Waals surface area (Å²) in [5, 5.41) is 18.5. The number of hydrogen-bond acceptors (Lipinski definition) is 2. The standard InChI is InChI=1S/C12H22O4/c1-4-7-8-9(10(13)14)12(5-2,6-3)11(15)16/h9H,4-8H2,1-3H3,(H,13,14)(H,15,16). The van der Waals surface area contributed by atoms with Gasteiger partial charge in [0.05, 0.1) is 11.3 Å². The Balaban J connectivity index is 5.08. The van der Waals surface area contributed by atoms with Crippen molar-refractivity contribution in [3.8, 4) is 0 Å². The average molecular weight is 230 g/mol. The Hall–Kier alpha value is -1.06. The second kappa shape index (κ2) is 6.51. The Morgan fingerprint density at radius 3 is 1.88 bits per heavy atom. The van der Waals surface area contributed by atoms with E-state index >= 15 is 0 Å². The smallest absolute Gasteiger partial charge is 0.310 e. The molecular weight excluding hydrogens is 208 g/mol. The van der Waals surface area contributed by atoms with Crippen LogP contribution in [0, 0.1) is 11.3 Å². The van der Waals surface area contributed by atoms with Crippen molar-refractivity contribution in [3.05, 3.63) is 0 Å². The minimum Gasteiger partial charge on any atom is -0.481 e. The fraction of sp³-hybridized carbons (Fsp3) is 0.833. The summed E-state index contributed by atoms with van der Waals surface area (Å²) in [6, 6.07) is 0. The van der Waals surface area contributed by atoms with Gasteiger partial charge in [-0.25, -0.2) is 0 Å². The van der Waals surface area contributed by atoms with Gasteiger partial charge in [0.15, 0.2) is 0 Å². The quantitative estimate of drug-likeness (QED) is 0.672. The lowest BCUT2D eigenvalue weighted by molar-refractivity contribution is -0.164. The molecule has 0 spiro atoms. The van der Waals surface area contributed by atoms with Gasteiger partial charge in [-0.05, 0) is 19.3 Å². The molecular formula is C12H22O4. The molecule has 1 unspecified atom stereocenters. The van der Waals surface area contributed by atoms with Crippen LogP contribution in [0.25, 0.3) is 0 Å². The molecule has 2 N–H and O–H groups in total. The molecule has 16 heavy (non-hydrogen) atoms. The lowest BCUT2D eigenvalue weighted by atomic mass is 9.69. The highest BCUT2D eigenvalue weighted by Gasteiger charge is 2.46.